The van der Waals surface area contributed by atoms with E-state index in [4.69, 9.17) is 0 Å². The molecule has 0 aliphatic carbocycles. The summed E-state index contributed by atoms with van der Waals surface area (Å²) in [5, 5.41) is 8.25. The number of anilines is 1. The highest BCUT2D eigenvalue weighted by Gasteiger charge is 2.26. The lowest BCUT2D eigenvalue weighted by molar-refractivity contribution is -0.132. The summed E-state index contributed by atoms with van der Waals surface area (Å²) >= 11 is 1.34. The molecule has 0 saturated heterocycles. The van der Waals surface area contributed by atoms with Gasteiger partial charge in [0.15, 0.2) is 5.13 Å². The molecule has 2 N–H and O–H groups in total. The Hall–Kier alpha value is -5.08. The van der Waals surface area contributed by atoms with Crippen molar-refractivity contribution < 1.29 is 14.4 Å². The molecule has 8 heteroatoms. The Labute approximate surface area is 287 Å². The Morgan fingerprint density at radius 1 is 0.792 bits per heavy atom. The zero-order chi connectivity index (χ0) is 34.4. The Balaban J connectivity index is 1.28. The molecule has 0 bridgehead atoms. The highest BCUT2D eigenvalue weighted by atomic mass is 32.1. The fourth-order valence-corrected chi connectivity index (χ4v) is 6.22. The van der Waals surface area contributed by atoms with E-state index < -0.39 is 6.04 Å². The maximum Gasteiger partial charge on any atom is 0.258 e. The maximum absolute atomic E-state index is 13.4. The normalized spacial score (nSPS) is 12.0. The first kappa shape index (κ1) is 34.3. The summed E-state index contributed by atoms with van der Waals surface area (Å²) in [7, 11) is 1.76. The van der Waals surface area contributed by atoms with Gasteiger partial charge >= 0.3 is 0 Å². The molecular formula is C40H42N4O3S. The number of rotatable bonds is 10. The van der Waals surface area contributed by atoms with E-state index in [2.05, 4.69) is 60.7 Å². The highest BCUT2D eigenvalue weighted by Crippen LogP contribution is 2.30. The lowest BCUT2D eigenvalue weighted by atomic mass is 9.86. The van der Waals surface area contributed by atoms with Crippen LogP contribution in [0, 0.1) is 5.92 Å². The molecule has 246 valence electrons. The van der Waals surface area contributed by atoms with Crippen molar-refractivity contribution in [1.82, 2.24) is 15.2 Å². The SMILES string of the molecule is CC(C)CN(C)C(=O)[C@@H](NC(=O)c1ccc(-c2csc(NC(=O)c3ccccc3-c3ccc(C(C)(C)C)cc3)n2)cc1)c1ccccc1. The van der Waals surface area contributed by atoms with Gasteiger partial charge in [-0.15, -0.1) is 11.3 Å². The van der Waals surface area contributed by atoms with Gasteiger partial charge in [-0.05, 0) is 51.8 Å². The molecule has 48 heavy (non-hydrogen) atoms. The summed E-state index contributed by atoms with van der Waals surface area (Å²) in [4.78, 5) is 46.4. The van der Waals surface area contributed by atoms with E-state index in [1.54, 1.807) is 24.1 Å². The second-order valence-electron chi connectivity index (χ2n) is 13.4. The van der Waals surface area contributed by atoms with Gasteiger partial charge in [0.25, 0.3) is 11.8 Å². The number of carbonyl (C=O) groups excluding carboxylic acids is 3. The molecule has 0 radical (unpaired) electrons. The van der Waals surface area contributed by atoms with E-state index in [1.807, 2.05) is 86.0 Å². The molecule has 0 aliphatic rings. The van der Waals surface area contributed by atoms with E-state index in [-0.39, 0.29) is 23.1 Å². The number of nitrogens with one attached hydrogen (secondary N) is 2. The van der Waals surface area contributed by atoms with Crippen LogP contribution in [0.1, 0.15) is 72.5 Å². The van der Waals surface area contributed by atoms with E-state index >= 15 is 0 Å². The molecule has 7 nitrogen and oxygen atoms in total. The molecule has 0 unspecified atom stereocenters. The van der Waals surface area contributed by atoms with Crippen LogP contribution in [-0.2, 0) is 10.2 Å². The molecule has 0 spiro atoms. The number of aromatic nitrogens is 1. The van der Waals surface area contributed by atoms with E-state index in [9.17, 15) is 14.4 Å². The summed E-state index contributed by atoms with van der Waals surface area (Å²) in [5.41, 5.74) is 6.29. The summed E-state index contributed by atoms with van der Waals surface area (Å²) in [5.74, 6) is -0.456. The van der Waals surface area contributed by atoms with Gasteiger partial charge in [-0.2, -0.15) is 0 Å². The molecule has 0 fully saturated rings. The van der Waals surface area contributed by atoms with Crippen LogP contribution in [0.25, 0.3) is 22.4 Å². The van der Waals surface area contributed by atoms with Gasteiger partial charge in [-0.1, -0.05) is 120 Å². The molecular weight excluding hydrogens is 617 g/mol. The molecule has 0 saturated carbocycles. The van der Waals surface area contributed by atoms with Crippen molar-refractivity contribution in [2.45, 2.75) is 46.1 Å². The predicted octanol–water partition coefficient (Wildman–Crippen LogP) is 8.61. The van der Waals surface area contributed by atoms with Crippen LogP contribution in [0.5, 0.6) is 0 Å². The number of thiazole rings is 1. The number of nitrogens with zero attached hydrogens (tertiary/aromatic N) is 2. The van der Waals surface area contributed by atoms with Crippen LogP contribution in [0.15, 0.2) is 109 Å². The first-order valence-electron chi connectivity index (χ1n) is 16.1. The smallest absolute Gasteiger partial charge is 0.258 e. The van der Waals surface area contributed by atoms with Crippen LogP contribution in [0.2, 0.25) is 0 Å². The topological polar surface area (TPSA) is 91.4 Å². The molecule has 4 aromatic carbocycles. The summed E-state index contributed by atoms with van der Waals surface area (Å²) in [6.45, 7) is 11.2. The first-order valence-corrected chi connectivity index (χ1v) is 17.0. The average Bonchev–Trinajstić information content (AvgIpc) is 3.55. The number of amides is 3. The standard InChI is InChI=1S/C40H42N4O3S/c1-26(2)24-44(6)38(47)35(29-12-8-7-9-13-29)42-36(45)30-18-16-28(17-19-30)34-25-48-39(41-34)43-37(46)33-15-11-10-14-32(33)27-20-22-31(23-21-27)40(3,4)5/h7-23,25-26,35H,24H2,1-6H3,(H,42,45)(H,41,43,46)/t35-/m0/s1. The van der Waals surface area contributed by atoms with Gasteiger partial charge in [0.2, 0.25) is 5.91 Å². The van der Waals surface area contributed by atoms with Gasteiger partial charge in [0, 0.05) is 35.7 Å². The number of carbonyl (C=O) groups is 3. The lowest BCUT2D eigenvalue weighted by Crippen LogP contribution is -2.42. The quantitative estimate of drug-likeness (QED) is 0.157. The molecule has 3 amide bonds. The van der Waals surface area contributed by atoms with Crippen molar-refractivity contribution in [2.24, 2.45) is 5.92 Å². The number of hydrogen-bond donors (Lipinski definition) is 2. The van der Waals surface area contributed by atoms with Gasteiger partial charge in [0.05, 0.1) is 5.69 Å². The number of likely N-dealkylation sites (N-methyl/N-ethyl adjacent to an activating group) is 1. The third-order valence-corrected chi connectivity index (χ3v) is 8.83. The third-order valence-electron chi connectivity index (χ3n) is 8.07. The zero-order valence-electron chi connectivity index (χ0n) is 28.3. The van der Waals surface area contributed by atoms with Gasteiger partial charge in [-0.25, -0.2) is 4.98 Å². The Morgan fingerprint density at radius 3 is 2.06 bits per heavy atom. The second-order valence-corrected chi connectivity index (χ2v) is 14.2. The van der Waals surface area contributed by atoms with Crippen molar-refractivity contribution in [1.29, 1.82) is 0 Å². The minimum Gasteiger partial charge on any atom is -0.343 e. The van der Waals surface area contributed by atoms with Crippen molar-refractivity contribution in [3.8, 4) is 22.4 Å². The minimum absolute atomic E-state index is 0.0424. The molecule has 5 aromatic rings. The van der Waals surface area contributed by atoms with Gasteiger partial charge < -0.3 is 10.2 Å². The monoisotopic (exact) mass is 658 g/mol. The van der Waals surface area contributed by atoms with Crippen LogP contribution in [0.3, 0.4) is 0 Å². The first-order chi connectivity index (χ1) is 22.9. The van der Waals surface area contributed by atoms with Crippen molar-refractivity contribution in [3.63, 3.8) is 0 Å². The van der Waals surface area contributed by atoms with Crippen molar-refractivity contribution >= 4 is 34.2 Å². The fourth-order valence-electron chi connectivity index (χ4n) is 5.51. The Bertz CT molecular complexity index is 1870. The maximum atomic E-state index is 13.4. The van der Waals surface area contributed by atoms with E-state index in [1.165, 1.54) is 16.9 Å². The average molecular weight is 659 g/mol. The van der Waals surface area contributed by atoms with Crippen LogP contribution in [-0.4, -0.2) is 41.2 Å². The second kappa shape index (κ2) is 14.8. The van der Waals surface area contributed by atoms with Gasteiger partial charge in [0.1, 0.15) is 6.04 Å². The lowest BCUT2D eigenvalue weighted by Gasteiger charge is -2.26. The molecule has 1 heterocycles. The van der Waals surface area contributed by atoms with E-state index in [0.29, 0.717) is 34.4 Å². The summed E-state index contributed by atoms with van der Waals surface area (Å²) in [6, 6.07) is 31.4. The minimum atomic E-state index is -0.806. The highest BCUT2D eigenvalue weighted by molar-refractivity contribution is 7.14. The van der Waals surface area contributed by atoms with Crippen LogP contribution >= 0.6 is 11.3 Å². The largest absolute Gasteiger partial charge is 0.343 e. The van der Waals surface area contributed by atoms with Gasteiger partial charge in [-0.3, -0.25) is 19.7 Å². The summed E-state index contributed by atoms with van der Waals surface area (Å²) in [6.07, 6.45) is 0. The summed E-state index contributed by atoms with van der Waals surface area (Å²) < 4.78 is 0. The zero-order valence-corrected chi connectivity index (χ0v) is 29.1. The van der Waals surface area contributed by atoms with Crippen LogP contribution < -0.4 is 10.6 Å². The third kappa shape index (κ3) is 8.25. The fraction of sp³-hybridized carbons (Fsp3) is 0.250. The Morgan fingerprint density at radius 2 is 1.42 bits per heavy atom. The van der Waals surface area contributed by atoms with Crippen molar-refractivity contribution in [3.05, 3.63) is 131 Å². The molecule has 5 rings (SSSR count). The Kier molecular flexibility index (Phi) is 10.5. The molecule has 1 aromatic heterocycles. The van der Waals surface area contributed by atoms with E-state index in [0.717, 1.165) is 22.3 Å². The van der Waals surface area contributed by atoms with Crippen molar-refractivity contribution in [2.75, 3.05) is 18.9 Å². The molecule has 0 aliphatic heterocycles. The van der Waals surface area contributed by atoms with Crippen LogP contribution in [0.4, 0.5) is 5.13 Å². The number of hydrogen-bond acceptors (Lipinski definition) is 5. The number of benzene rings is 4. The predicted molar refractivity (Wildman–Crippen MR) is 195 cm³/mol. The molecule has 1 atom stereocenters.